The molecular formula is C22H22N4O5. The van der Waals surface area contributed by atoms with Gasteiger partial charge in [-0.2, -0.15) is 5.10 Å². The maximum Gasteiger partial charge on any atom is 0.270 e. The van der Waals surface area contributed by atoms with E-state index in [0.29, 0.717) is 36.9 Å². The van der Waals surface area contributed by atoms with Crippen molar-refractivity contribution < 1.29 is 19.2 Å². The second-order valence-corrected chi connectivity index (χ2v) is 7.90. The van der Waals surface area contributed by atoms with Gasteiger partial charge in [-0.1, -0.05) is 0 Å². The molecule has 2 aliphatic rings. The lowest BCUT2D eigenvalue weighted by Crippen LogP contribution is -2.37. The third-order valence-electron chi connectivity index (χ3n) is 5.96. The van der Waals surface area contributed by atoms with Gasteiger partial charge in [0.15, 0.2) is 17.3 Å². The van der Waals surface area contributed by atoms with Crippen LogP contribution in [0.1, 0.15) is 23.2 Å². The van der Waals surface area contributed by atoms with Crippen LogP contribution in [0.25, 0.3) is 10.9 Å². The van der Waals surface area contributed by atoms with Crippen molar-refractivity contribution in [2.75, 3.05) is 26.3 Å². The van der Waals surface area contributed by atoms with Gasteiger partial charge in [-0.25, -0.2) is 0 Å². The van der Waals surface area contributed by atoms with E-state index in [0.717, 1.165) is 36.8 Å². The van der Waals surface area contributed by atoms with Crippen molar-refractivity contribution in [2.24, 2.45) is 5.92 Å². The molecule has 0 spiro atoms. The average Bonchev–Trinajstić information content (AvgIpc) is 3.20. The molecule has 0 unspecified atom stereocenters. The van der Waals surface area contributed by atoms with E-state index in [2.05, 4.69) is 10.00 Å². The molecule has 2 aliphatic heterocycles. The fourth-order valence-corrected chi connectivity index (χ4v) is 4.26. The molecule has 9 nitrogen and oxygen atoms in total. The fraction of sp³-hybridized carbons (Fsp3) is 0.364. The molecule has 2 aromatic carbocycles. The van der Waals surface area contributed by atoms with E-state index in [1.807, 2.05) is 16.8 Å². The Morgan fingerprint density at radius 2 is 1.87 bits per heavy atom. The standard InChI is InChI=1S/C22H22N4O5/c27-22(16-1-4-20-21(12-16)31-10-9-30-20)15-5-7-24(8-6-15)14-25-19-3-2-18(26(28)29)11-17(19)13-23-25/h1-4,11-13,15H,5-10,14H2. The summed E-state index contributed by atoms with van der Waals surface area (Å²) in [6.45, 7) is 3.19. The Morgan fingerprint density at radius 3 is 2.65 bits per heavy atom. The molecule has 9 heteroatoms. The SMILES string of the molecule is O=C(c1ccc2c(c1)OCCO2)C1CCN(Cn2ncc3cc([N+](=O)[O-])ccc32)CC1. The number of piperidine rings is 1. The Kier molecular flexibility index (Phi) is 5.03. The zero-order chi connectivity index (χ0) is 21.4. The highest BCUT2D eigenvalue weighted by molar-refractivity contribution is 5.98. The van der Waals surface area contributed by atoms with Crippen molar-refractivity contribution in [1.29, 1.82) is 0 Å². The summed E-state index contributed by atoms with van der Waals surface area (Å²) >= 11 is 0. The highest BCUT2D eigenvalue weighted by Gasteiger charge is 2.27. The molecule has 3 heterocycles. The van der Waals surface area contributed by atoms with Crippen LogP contribution in [-0.4, -0.2) is 51.7 Å². The predicted octanol–water partition coefficient (Wildman–Crippen LogP) is 3.27. The maximum absolute atomic E-state index is 13.0. The third-order valence-corrected chi connectivity index (χ3v) is 5.96. The van der Waals surface area contributed by atoms with Gasteiger partial charge in [-0.3, -0.25) is 24.5 Å². The van der Waals surface area contributed by atoms with Gasteiger partial charge in [0.2, 0.25) is 0 Å². The number of benzene rings is 2. The first-order valence-corrected chi connectivity index (χ1v) is 10.3. The zero-order valence-electron chi connectivity index (χ0n) is 16.9. The van der Waals surface area contributed by atoms with E-state index in [1.165, 1.54) is 12.1 Å². The van der Waals surface area contributed by atoms with Gasteiger partial charge >= 0.3 is 0 Å². The quantitative estimate of drug-likeness (QED) is 0.353. The van der Waals surface area contributed by atoms with Gasteiger partial charge in [0, 0.05) is 42.1 Å². The number of nitrogens with zero attached hydrogens (tertiary/aromatic N) is 4. The van der Waals surface area contributed by atoms with Gasteiger partial charge in [0.1, 0.15) is 13.2 Å². The number of likely N-dealkylation sites (tertiary alicyclic amines) is 1. The third kappa shape index (κ3) is 3.84. The van der Waals surface area contributed by atoms with Crippen LogP contribution >= 0.6 is 0 Å². The molecule has 0 saturated carbocycles. The number of fused-ring (bicyclic) bond motifs is 2. The molecule has 5 rings (SSSR count). The van der Waals surface area contributed by atoms with E-state index in [4.69, 9.17) is 9.47 Å². The summed E-state index contributed by atoms with van der Waals surface area (Å²) in [5, 5.41) is 16.1. The Morgan fingerprint density at radius 1 is 1.10 bits per heavy atom. The summed E-state index contributed by atoms with van der Waals surface area (Å²) in [5.74, 6) is 1.46. The number of hydrogen-bond donors (Lipinski definition) is 0. The fourth-order valence-electron chi connectivity index (χ4n) is 4.26. The molecule has 0 amide bonds. The second kappa shape index (κ2) is 7.99. The van der Waals surface area contributed by atoms with Crippen molar-refractivity contribution in [2.45, 2.75) is 19.5 Å². The van der Waals surface area contributed by atoms with Crippen LogP contribution in [0.3, 0.4) is 0 Å². The molecule has 1 saturated heterocycles. The highest BCUT2D eigenvalue weighted by Crippen LogP contribution is 2.32. The number of ketones is 1. The number of ether oxygens (including phenoxy) is 2. The number of carbonyl (C=O) groups excluding carboxylic acids is 1. The van der Waals surface area contributed by atoms with Crippen molar-refractivity contribution >= 4 is 22.4 Å². The lowest BCUT2D eigenvalue weighted by molar-refractivity contribution is -0.384. The second-order valence-electron chi connectivity index (χ2n) is 7.90. The number of non-ortho nitro benzene ring substituents is 1. The van der Waals surface area contributed by atoms with Crippen molar-refractivity contribution in [3.8, 4) is 11.5 Å². The highest BCUT2D eigenvalue weighted by atomic mass is 16.6. The van der Waals surface area contributed by atoms with E-state index < -0.39 is 4.92 Å². The van der Waals surface area contributed by atoms with Crippen molar-refractivity contribution in [1.82, 2.24) is 14.7 Å². The van der Waals surface area contributed by atoms with Crippen LogP contribution in [0, 0.1) is 16.0 Å². The van der Waals surface area contributed by atoms with Crippen LogP contribution in [0.5, 0.6) is 11.5 Å². The molecule has 0 radical (unpaired) electrons. The summed E-state index contributed by atoms with van der Waals surface area (Å²) in [4.78, 5) is 25.8. The maximum atomic E-state index is 13.0. The molecule has 0 bridgehead atoms. The molecule has 0 N–H and O–H groups in total. The average molecular weight is 422 g/mol. The van der Waals surface area contributed by atoms with Gasteiger partial charge in [0.05, 0.1) is 23.3 Å². The topological polar surface area (TPSA) is 99.7 Å². The van der Waals surface area contributed by atoms with E-state index in [1.54, 1.807) is 18.3 Å². The molecule has 1 fully saturated rings. The molecular weight excluding hydrogens is 400 g/mol. The molecule has 1 aromatic heterocycles. The van der Waals surface area contributed by atoms with Gasteiger partial charge in [-0.15, -0.1) is 0 Å². The molecule has 0 aliphatic carbocycles. The van der Waals surface area contributed by atoms with Crippen LogP contribution < -0.4 is 9.47 Å². The minimum atomic E-state index is -0.403. The Balaban J connectivity index is 1.22. The monoisotopic (exact) mass is 422 g/mol. The van der Waals surface area contributed by atoms with Gasteiger partial charge in [-0.05, 0) is 37.1 Å². The number of hydrogen-bond acceptors (Lipinski definition) is 7. The van der Waals surface area contributed by atoms with E-state index in [-0.39, 0.29) is 17.4 Å². The number of rotatable bonds is 5. The van der Waals surface area contributed by atoms with Crippen molar-refractivity contribution in [3.05, 3.63) is 58.3 Å². The molecule has 160 valence electrons. The first kappa shape index (κ1) is 19.5. The number of Topliss-reactive ketones (excluding diaryl/α,β-unsaturated/α-hetero) is 1. The normalized spacial score (nSPS) is 17.0. The summed E-state index contributed by atoms with van der Waals surface area (Å²) in [6.07, 6.45) is 3.20. The Labute approximate surface area is 178 Å². The minimum absolute atomic E-state index is 0.0178. The summed E-state index contributed by atoms with van der Waals surface area (Å²) in [6, 6.07) is 10.2. The minimum Gasteiger partial charge on any atom is -0.486 e. The number of aromatic nitrogens is 2. The van der Waals surface area contributed by atoms with Gasteiger partial charge < -0.3 is 9.47 Å². The van der Waals surface area contributed by atoms with Crippen LogP contribution in [0.2, 0.25) is 0 Å². The lowest BCUT2D eigenvalue weighted by atomic mass is 9.89. The Bertz CT molecular complexity index is 1150. The van der Waals surface area contributed by atoms with Crippen LogP contribution in [0.4, 0.5) is 5.69 Å². The summed E-state index contributed by atoms with van der Waals surface area (Å²) in [5.41, 5.74) is 1.59. The molecule has 3 aromatic rings. The smallest absolute Gasteiger partial charge is 0.270 e. The summed E-state index contributed by atoms with van der Waals surface area (Å²) in [7, 11) is 0. The Hall–Kier alpha value is -3.46. The van der Waals surface area contributed by atoms with Crippen LogP contribution in [-0.2, 0) is 6.67 Å². The largest absolute Gasteiger partial charge is 0.486 e. The molecule has 31 heavy (non-hydrogen) atoms. The van der Waals surface area contributed by atoms with E-state index in [9.17, 15) is 14.9 Å². The lowest BCUT2D eigenvalue weighted by Gasteiger charge is -2.31. The predicted molar refractivity (Wildman–Crippen MR) is 112 cm³/mol. The number of carbonyl (C=O) groups is 1. The first-order chi connectivity index (χ1) is 15.1. The van der Waals surface area contributed by atoms with Crippen molar-refractivity contribution in [3.63, 3.8) is 0 Å². The van der Waals surface area contributed by atoms with E-state index >= 15 is 0 Å². The number of nitro groups is 1. The summed E-state index contributed by atoms with van der Waals surface area (Å²) < 4.78 is 13.0. The number of nitro benzene ring substituents is 1. The first-order valence-electron chi connectivity index (χ1n) is 10.3. The molecule has 0 atom stereocenters. The van der Waals surface area contributed by atoms with Crippen LogP contribution in [0.15, 0.2) is 42.6 Å². The van der Waals surface area contributed by atoms with Gasteiger partial charge in [0.25, 0.3) is 5.69 Å². The zero-order valence-corrected chi connectivity index (χ0v) is 16.9.